The molecule has 22 heavy (non-hydrogen) atoms. The Balaban J connectivity index is 1.95. The lowest BCUT2D eigenvalue weighted by molar-refractivity contribution is 0.475. The molecule has 1 aromatic carbocycles. The Labute approximate surface area is 127 Å². The third kappa shape index (κ3) is 3.12. The summed E-state index contributed by atoms with van der Waals surface area (Å²) in [7, 11) is 1.77. The van der Waals surface area contributed by atoms with Gasteiger partial charge in [-0.25, -0.2) is 4.98 Å². The van der Waals surface area contributed by atoms with Gasteiger partial charge in [0.1, 0.15) is 11.6 Å². The summed E-state index contributed by atoms with van der Waals surface area (Å²) in [4.78, 5) is 12.9. The second-order valence-corrected chi connectivity index (χ2v) is 4.63. The van der Waals surface area contributed by atoms with E-state index in [1.807, 2.05) is 18.2 Å². The summed E-state index contributed by atoms with van der Waals surface area (Å²) < 4.78 is 0. The first-order valence-corrected chi connectivity index (χ1v) is 6.78. The molecule has 110 valence electrons. The average molecular weight is 293 g/mol. The van der Waals surface area contributed by atoms with E-state index in [9.17, 15) is 5.11 Å². The van der Waals surface area contributed by atoms with E-state index in [0.29, 0.717) is 11.8 Å². The van der Waals surface area contributed by atoms with Crippen LogP contribution in [0.5, 0.6) is 5.75 Å². The van der Waals surface area contributed by atoms with E-state index >= 15 is 0 Å². The summed E-state index contributed by atoms with van der Waals surface area (Å²) in [6, 6.07) is 12.4. The summed E-state index contributed by atoms with van der Waals surface area (Å²) in [5.41, 5.74) is 2.51. The molecule has 0 fully saturated rings. The molecular weight excluding hydrogens is 278 g/mol. The molecule has 0 saturated carbocycles. The first-order valence-electron chi connectivity index (χ1n) is 6.78. The molecule has 3 N–H and O–H groups in total. The molecular formula is C16H15N5O. The van der Waals surface area contributed by atoms with Gasteiger partial charge in [-0.2, -0.15) is 4.98 Å². The minimum Gasteiger partial charge on any atom is -0.508 e. The van der Waals surface area contributed by atoms with E-state index in [2.05, 4.69) is 25.6 Å². The predicted octanol–water partition coefficient (Wildman–Crippen LogP) is 3.03. The van der Waals surface area contributed by atoms with Gasteiger partial charge >= 0.3 is 0 Å². The lowest BCUT2D eigenvalue weighted by Crippen LogP contribution is -2.02. The highest BCUT2D eigenvalue weighted by Gasteiger charge is 2.06. The van der Waals surface area contributed by atoms with Gasteiger partial charge in [-0.15, -0.1) is 0 Å². The van der Waals surface area contributed by atoms with Gasteiger partial charge in [0, 0.05) is 36.8 Å². The summed E-state index contributed by atoms with van der Waals surface area (Å²) in [6.45, 7) is 0. The Bertz CT molecular complexity index is 759. The fourth-order valence-electron chi connectivity index (χ4n) is 1.98. The zero-order valence-corrected chi connectivity index (χ0v) is 12.0. The number of pyridine rings is 1. The van der Waals surface area contributed by atoms with Crippen LogP contribution in [0.3, 0.4) is 0 Å². The molecule has 0 aliphatic carbocycles. The SMILES string of the molecule is CNc1nc(Nc2ccc(O)cc2)cc(-c2cccnc2)n1. The van der Waals surface area contributed by atoms with Crippen molar-refractivity contribution in [3.8, 4) is 17.0 Å². The monoisotopic (exact) mass is 293 g/mol. The Morgan fingerprint density at radius 2 is 1.86 bits per heavy atom. The van der Waals surface area contributed by atoms with Crippen molar-refractivity contribution in [3.05, 3.63) is 54.9 Å². The zero-order valence-electron chi connectivity index (χ0n) is 12.0. The minimum atomic E-state index is 0.222. The largest absolute Gasteiger partial charge is 0.508 e. The van der Waals surface area contributed by atoms with Crippen LogP contribution in [0, 0.1) is 0 Å². The molecule has 3 aromatic rings. The van der Waals surface area contributed by atoms with E-state index in [0.717, 1.165) is 16.9 Å². The Kier molecular flexibility index (Phi) is 3.82. The van der Waals surface area contributed by atoms with Gasteiger partial charge in [-0.1, -0.05) is 0 Å². The fourth-order valence-corrected chi connectivity index (χ4v) is 1.98. The molecule has 0 amide bonds. The standard InChI is InChI=1S/C16H15N5O/c1-17-16-20-14(11-3-2-8-18-10-11)9-15(21-16)19-12-4-6-13(22)7-5-12/h2-10,22H,1H3,(H2,17,19,20,21). The second-order valence-electron chi connectivity index (χ2n) is 4.63. The molecule has 2 heterocycles. The molecule has 2 aromatic heterocycles. The van der Waals surface area contributed by atoms with Gasteiger partial charge in [0.25, 0.3) is 0 Å². The molecule has 0 bridgehead atoms. The topological polar surface area (TPSA) is 83.0 Å². The van der Waals surface area contributed by atoms with Crippen LogP contribution in [0.2, 0.25) is 0 Å². The van der Waals surface area contributed by atoms with Gasteiger partial charge in [-0.05, 0) is 36.4 Å². The van der Waals surface area contributed by atoms with Gasteiger partial charge in [0.15, 0.2) is 0 Å². The van der Waals surface area contributed by atoms with Gasteiger partial charge < -0.3 is 15.7 Å². The Hall–Kier alpha value is -3.15. The summed E-state index contributed by atoms with van der Waals surface area (Å²) in [5.74, 6) is 1.40. The van der Waals surface area contributed by atoms with Crippen LogP contribution in [-0.4, -0.2) is 27.1 Å². The van der Waals surface area contributed by atoms with Crippen LogP contribution in [0.15, 0.2) is 54.9 Å². The number of aromatic hydroxyl groups is 1. The summed E-state index contributed by atoms with van der Waals surface area (Å²) >= 11 is 0. The number of nitrogens with one attached hydrogen (secondary N) is 2. The fraction of sp³-hybridized carbons (Fsp3) is 0.0625. The van der Waals surface area contributed by atoms with Crippen molar-refractivity contribution in [1.82, 2.24) is 15.0 Å². The molecule has 0 saturated heterocycles. The molecule has 0 aliphatic rings. The maximum Gasteiger partial charge on any atom is 0.224 e. The smallest absolute Gasteiger partial charge is 0.224 e. The van der Waals surface area contributed by atoms with Gasteiger partial charge in [0.05, 0.1) is 5.69 Å². The molecule has 0 radical (unpaired) electrons. The van der Waals surface area contributed by atoms with Gasteiger partial charge in [0.2, 0.25) is 5.95 Å². The number of phenols is 1. The number of benzene rings is 1. The summed E-state index contributed by atoms with van der Waals surface area (Å²) in [5, 5.41) is 15.5. The average Bonchev–Trinajstić information content (AvgIpc) is 2.57. The summed E-state index contributed by atoms with van der Waals surface area (Å²) in [6.07, 6.45) is 3.48. The van der Waals surface area contributed by atoms with Gasteiger partial charge in [-0.3, -0.25) is 4.98 Å². The number of anilines is 3. The van der Waals surface area contributed by atoms with E-state index in [1.165, 1.54) is 0 Å². The Morgan fingerprint density at radius 3 is 2.55 bits per heavy atom. The van der Waals surface area contributed by atoms with E-state index < -0.39 is 0 Å². The van der Waals surface area contributed by atoms with Crippen LogP contribution >= 0.6 is 0 Å². The third-order valence-electron chi connectivity index (χ3n) is 3.05. The second kappa shape index (κ2) is 6.09. The molecule has 0 atom stereocenters. The number of phenolic OH excluding ortho intramolecular Hbond substituents is 1. The Morgan fingerprint density at radius 1 is 1.05 bits per heavy atom. The van der Waals surface area contributed by atoms with Crippen molar-refractivity contribution in [2.45, 2.75) is 0 Å². The lowest BCUT2D eigenvalue weighted by atomic mass is 10.2. The van der Waals surface area contributed by atoms with Crippen molar-refractivity contribution >= 4 is 17.5 Å². The van der Waals surface area contributed by atoms with Crippen molar-refractivity contribution in [1.29, 1.82) is 0 Å². The number of hydrogen-bond donors (Lipinski definition) is 3. The first-order chi connectivity index (χ1) is 10.7. The van der Waals surface area contributed by atoms with Crippen molar-refractivity contribution in [3.63, 3.8) is 0 Å². The lowest BCUT2D eigenvalue weighted by Gasteiger charge is -2.10. The first kappa shape index (κ1) is 13.8. The quantitative estimate of drug-likeness (QED) is 0.641. The zero-order chi connectivity index (χ0) is 15.4. The highest BCUT2D eigenvalue weighted by molar-refractivity contribution is 5.66. The highest BCUT2D eigenvalue weighted by Crippen LogP contribution is 2.23. The third-order valence-corrected chi connectivity index (χ3v) is 3.05. The molecule has 6 nitrogen and oxygen atoms in total. The maximum atomic E-state index is 9.33. The van der Waals surface area contributed by atoms with Crippen LogP contribution < -0.4 is 10.6 Å². The van der Waals surface area contributed by atoms with Crippen LogP contribution in [0.1, 0.15) is 0 Å². The number of aromatic nitrogens is 3. The molecule has 3 rings (SSSR count). The molecule has 6 heteroatoms. The molecule has 0 unspecified atom stereocenters. The van der Waals surface area contributed by atoms with Crippen molar-refractivity contribution in [2.75, 3.05) is 17.7 Å². The van der Waals surface area contributed by atoms with Crippen LogP contribution in [0.4, 0.5) is 17.5 Å². The van der Waals surface area contributed by atoms with E-state index in [4.69, 9.17) is 0 Å². The minimum absolute atomic E-state index is 0.222. The number of hydrogen-bond acceptors (Lipinski definition) is 6. The van der Waals surface area contributed by atoms with Crippen molar-refractivity contribution < 1.29 is 5.11 Å². The van der Waals surface area contributed by atoms with E-state index in [-0.39, 0.29) is 5.75 Å². The van der Waals surface area contributed by atoms with Crippen molar-refractivity contribution in [2.24, 2.45) is 0 Å². The molecule has 0 spiro atoms. The normalized spacial score (nSPS) is 10.2. The van der Waals surface area contributed by atoms with Crippen LogP contribution in [0.25, 0.3) is 11.3 Å². The highest BCUT2D eigenvalue weighted by atomic mass is 16.3. The number of rotatable bonds is 4. The van der Waals surface area contributed by atoms with E-state index in [1.54, 1.807) is 43.7 Å². The molecule has 0 aliphatic heterocycles. The maximum absolute atomic E-state index is 9.33. The van der Waals surface area contributed by atoms with Crippen LogP contribution in [-0.2, 0) is 0 Å². The predicted molar refractivity (Wildman–Crippen MR) is 86.2 cm³/mol. The number of nitrogens with zero attached hydrogens (tertiary/aromatic N) is 3.